The maximum Gasteiger partial charge on any atom is 0.154 e. The largest absolute Gasteiger partial charge is 0.391 e. The summed E-state index contributed by atoms with van der Waals surface area (Å²) in [7, 11) is 0. The van der Waals surface area contributed by atoms with Gasteiger partial charge in [0.1, 0.15) is 5.52 Å². The number of hydrogen-bond acceptors (Lipinski definition) is 4. The Bertz CT molecular complexity index is 599. The molecule has 0 unspecified atom stereocenters. The average molecular weight is 260 g/mol. The van der Waals surface area contributed by atoms with E-state index in [1.807, 2.05) is 10.7 Å². The van der Waals surface area contributed by atoms with Crippen LogP contribution in [0.4, 0.5) is 5.82 Å². The summed E-state index contributed by atoms with van der Waals surface area (Å²) in [5, 5.41) is 14.3. The molecule has 2 aromatic rings. The van der Waals surface area contributed by atoms with Crippen molar-refractivity contribution in [2.45, 2.75) is 38.7 Å². The molecule has 102 valence electrons. The fourth-order valence-corrected chi connectivity index (χ4v) is 2.45. The fourth-order valence-electron chi connectivity index (χ4n) is 2.45. The minimum Gasteiger partial charge on any atom is -0.391 e. The Morgan fingerprint density at radius 1 is 1.37 bits per heavy atom. The van der Waals surface area contributed by atoms with Crippen LogP contribution >= 0.6 is 0 Å². The second kappa shape index (κ2) is 4.20. The van der Waals surface area contributed by atoms with Gasteiger partial charge in [-0.3, -0.25) is 0 Å². The summed E-state index contributed by atoms with van der Waals surface area (Å²) in [5.41, 5.74) is 2.09. The number of aliphatic hydroxyl groups is 1. The zero-order chi connectivity index (χ0) is 13.6. The molecule has 0 saturated carbocycles. The number of anilines is 1. The summed E-state index contributed by atoms with van der Waals surface area (Å²) in [4.78, 5) is 6.61. The van der Waals surface area contributed by atoms with E-state index in [0.717, 1.165) is 30.0 Å². The quantitative estimate of drug-likeness (QED) is 0.846. The van der Waals surface area contributed by atoms with Crippen molar-refractivity contribution in [3.05, 3.63) is 24.2 Å². The lowest BCUT2D eigenvalue weighted by Crippen LogP contribution is -2.22. The lowest BCUT2D eigenvalue weighted by molar-refractivity contribution is 0.198. The molecule has 5 nitrogen and oxygen atoms in total. The van der Waals surface area contributed by atoms with Crippen LogP contribution in [0.5, 0.6) is 0 Å². The van der Waals surface area contributed by atoms with Crippen LogP contribution in [0.15, 0.2) is 18.5 Å². The summed E-state index contributed by atoms with van der Waals surface area (Å²) in [6.07, 6.45) is 4.21. The number of nitrogens with zero attached hydrogens (tertiary/aromatic N) is 4. The standard InChI is InChI=1S/C14H20N4O/c1-14(2,3)12-8-11-13(15-5-7-18(11)16-12)17-6-4-10(19)9-17/h5,7-8,10,19H,4,6,9H2,1-3H3/t10-/m1/s1. The predicted molar refractivity (Wildman–Crippen MR) is 74.5 cm³/mol. The first-order chi connectivity index (χ1) is 8.95. The van der Waals surface area contributed by atoms with Crippen LogP contribution in [0, 0.1) is 0 Å². The average Bonchev–Trinajstić information content (AvgIpc) is 2.93. The molecule has 2 aromatic heterocycles. The van der Waals surface area contributed by atoms with E-state index in [1.54, 1.807) is 6.20 Å². The SMILES string of the molecule is CC(C)(C)c1cc2c(N3CC[C@@H](O)C3)nccn2n1. The second-order valence-corrected chi connectivity index (χ2v) is 6.25. The molecule has 0 aromatic carbocycles. The first-order valence-corrected chi connectivity index (χ1v) is 6.73. The van der Waals surface area contributed by atoms with Gasteiger partial charge in [0, 0.05) is 30.9 Å². The van der Waals surface area contributed by atoms with Crippen molar-refractivity contribution in [1.29, 1.82) is 0 Å². The number of fused-ring (bicyclic) bond motifs is 1. The van der Waals surface area contributed by atoms with Crippen molar-refractivity contribution in [3.8, 4) is 0 Å². The van der Waals surface area contributed by atoms with Gasteiger partial charge in [0.05, 0.1) is 11.8 Å². The summed E-state index contributed by atoms with van der Waals surface area (Å²) in [5.74, 6) is 0.919. The van der Waals surface area contributed by atoms with Crippen LogP contribution in [-0.2, 0) is 5.41 Å². The van der Waals surface area contributed by atoms with E-state index in [1.165, 1.54) is 0 Å². The van der Waals surface area contributed by atoms with Gasteiger partial charge in [0.2, 0.25) is 0 Å². The van der Waals surface area contributed by atoms with Crippen molar-refractivity contribution < 1.29 is 5.11 Å². The zero-order valence-corrected chi connectivity index (χ0v) is 11.7. The molecule has 19 heavy (non-hydrogen) atoms. The summed E-state index contributed by atoms with van der Waals surface area (Å²) in [6.45, 7) is 7.97. The van der Waals surface area contributed by atoms with Crippen molar-refractivity contribution >= 4 is 11.3 Å². The molecule has 1 saturated heterocycles. The Labute approximate surface area is 112 Å². The van der Waals surface area contributed by atoms with Crippen LogP contribution in [0.3, 0.4) is 0 Å². The van der Waals surface area contributed by atoms with E-state index in [-0.39, 0.29) is 11.5 Å². The summed E-state index contributed by atoms with van der Waals surface area (Å²) in [6, 6.07) is 2.10. The molecule has 3 rings (SSSR count). The van der Waals surface area contributed by atoms with E-state index in [4.69, 9.17) is 0 Å². The third-order valence-corrected chi connectivity index (χ3v) is 3.60. The number of aliphatic hydroxyl groups excluding tert-OH is 1. The first-order valence-electron chi connectivity index (χ1n) is 6.73. The van der Waals surface area contributed by atoms with Crippen LogP contribution in [-0.4, -0.2) is 38.9 Å². The smallest absolute Gasteiger partial charge is 0.154 e. The molecule has 0 aliphatic carbocycles. The highest BCUT2D eigenvalue weighted by molar-refractivity contribution is 5.69. The molecule has 0 bridgehead atoms. The van der Waals surface area contributed by atoms with Crippen molar-refractivity contribution in [2.24, 2.45) is 0 Å². The molecular formula is C14H20N4O. The molecule has 1 aliphatic heterocycles. The van der Waals surface area contributed by atoms with Gasteiger partial charge in [-0.15, -0.1) is 0 Å². The molecule has 3 heterocycles. The normalized spacial score (nSPS) is 20.4. The van der Waals surface area contributed by atoms with Crippen LogP contribution in [0.2, 0.25) is 0 Å². The lowest BCUT2D eigenvalue weighted by Gasteiger charge is -2.17. The molecule has 1 fully saturated rings. The van der Waals surface area contributed by atoms with Gasteiger partial charge in [-0.25, -0.2) is 9.50 Å². The maximum absolute atomic E-state index is 9.68. The molecule has 0 spiro atoms. The van der Waals surface area contributed by atoms with E-state index in [9.17, 15) is 5.11 Å². The minimum absolute atomic E-state index is 0.0216. The highest BCUT2D eigenvalue weighted by Gasteiger charge is 2.25. The Hall–Kier alpha value is -1.62. The van der Waals surface area contributed by atoms with Gasteiger partial charge in [0.15, 0.2) is 5.82 Å². The zero-order valence-electron chi connectivity index (χ0n) is 11.7. The third kappa shape index (κ3) is 2.18. The second-order valence-electron chi connectivity index (χ2n) is 6.25. The van der Waals surface area contributed by atoms with Crippen molar-refractivity contribution in [1.82, 2.24) is 14.6 Å². The number of hydrogen-bond donors (Lipinski definition) is 1. The topological polar surface area (TPSA) is 53.7 Å². The molecule has 0 radical (unpaired) electrons. The van der Waals surface area contributed by atoms with Gasteiger partial charge in [-0.05, 0) is 12.5 Å². The minimum atomic E-state index is -0.243. The highest BCUT2D eigenvalue weighted by Crippen LogP contribution is 2.27. The van der Waals surface area contributed by atoms with Crippen LogP contribution in [0.1, 0.15) is 32.9 Å². The molecular weight excluding hydrogens is 240 g/mol. The molecule has 1 atom stereocenters. The van der Waals surface area contributed by atoms with Gasteiger partial charge in [-0.2, -0.15) is 5.10 Å². The Morgan fingerprint density at radius 3 is 2.79 bits per heavy atom. The molecule has 1 N–H and O–H groups in total. The van der Waals surface area contributed by atoms with Gasteiger partial charge < -0.3 is 10.0 Å². The highest BCUT2D eigenvalue weighted by atomic mass is 16.3. The maximum atomic E-state index is 9.68. The predicted octanol–water partition coefficient (Wildman–Crippen LogP) is 1.60. The molecule has 0 amide bonds. The third-order valence-electron chi connectivity index (χ3n) is 3.60. The van der Waals surface area contributed by atoms with Crippen molar-refractivity contribution in [2.75, 3.05) is 18.0 Å². The van der Waals surface area contributed by atoms with E-state index >= 15 is 0 Å². The van der Waals surface area contributed by atoms with E-state index < -0.39 is 0 Å². The van der Waals surface area contributed by atoms with E-state index in [0.29, 0.717) is 6.54 Å². The van der Waals surface area contributed by atoms with Gasteiger partial charge in [0.25, 0.3) is 0 Å². The Kier molecular flexibility index (Phi) is 2.74. The Morgan fingerprint density at radius 2 is 2.16 bits per heavy atom. The number of rotatable bonds is 1. The summed E-state index contributed by atoms with van der Waals surface area (Å²) >= 11 is 0. The summed E-state index contributed by atoms with van der Waals surface area (Å²) < 4.78 is 1.88. The molecule has 5 heteroatoms. The van der Waals surface area contributed by atoms with Crippen LogP contribution in [0.25, 0.3) is 5.52 Å². The Balaban J connectivity index is 2.08. The first kappa shape index (κ1) is 12.4. The number of β-amino-alcohol motifs (C(OH)–C–C–N with tert-alkyl or cyclic N) is 1. The number of aromatic nitrogens is 3. The fraction of sp³-hybridized carbons (Fsp3) is 0.571. The monoisotopic (exact) mass is 260 g/mol. The molecule has 1 aliphatic rings. The van der Waals surface area contributed by atoms with E-state index in [2.05, 4.69) is 41.8 Å². The van der Waals surface area contributed by atoms with Gasteiger partial charge in [-0.1, -0.05) is 20.8 Å². The van der Waals surface area contributed by atoms with Crippen molar-refractivity contribution in [3.63, 3.8) is 0 Å². The van der Waals surface area contributed by atoms with Crippen LogP contribution < -0.4 is 4.90 Å². The lowest BCUT2D eigenvalue weighted by atomic mass is 9.92. The van der Waals surface area contributed by atoms with Gasteiger partial charge >= 0.3 is 0 Å².